The van der Waals surface area contributed by atoms with E-state index in [0.29, 0.717) is 12.1 Å². The summed E-state index contributed by atoms with van der Waals surface area (Å²) in [6, 6.07) is 20.4. The Hall–Kier alpha value is -2.06. The van der Waals surface area contributed by atoms with Gasteiger partial charge >= 0.3 is 0 Å². The Morgan fingerprint density at radius 1 is 1.05 bits per heavy atom. The largest absolute Gasteiger partial charge is 0.358 e. The van der Waals surface area contributed by atoms with Crippen molar-refractivity contribution in [3.8, 4) is 0 Å². The van der Waals surface area contributed by atoms with E-state index in [0.717, 1.165) is 12.8 Å². The number of benzene rings is 2. The molecule has 0 saturated carbocycles. The van der Waals surface area contributed by atoms with Gasteiger partial charge in [0, 0.05) is 28.7 Å². The third-order valence-corrected chi connectivity index (χ3v) is 4.88. The molecule has 3 aromatic rings. The second-order valence-corrected chi connectivity index (χ2v) is 6.37. The van der Waals surface area contributed by atoms with Gasteiger partial charge in [0.1, 0.15) is 0 Å². The van der Waals surface area contributed by atoms with Crippen molar-refractivity contribution in [2.75, 3.05) is 0 Å². The molecule has 4 rings (SSSR count). The fraction of sp³-hybridized carbons (Fsp3) is 0.300. The summed E-state index contributed by atoms with van der Waals surface area (Å²) in [5.74, 6) is 0. The molecule has 0 aliphatic heterocycles. The van der Waals surface area contributed by atoms with Crippen LogP contribution >= 0.6 is 0 Å². The highest BCUT2D eigenvalue weighted by molar-refractivity contribution is 5.84. The molecule has 112 valence electrons. The SMILES string of the molecule is C[C@H](NC1CCc2[nH]c3ccccc3c2C1)c1ccccc1. The Morgan fingerprint density at radius 3 is 2.68 bits per heavy atom. The number of nitrogens with one attached hydrogen (secondary N) is 2. The molecular weight excluding hydrogens is 268 g/mol. The highest BCUT2D eigenvalue weighted by Crippen LogP contribution is 2.29. The van der Waals surface area contributed by atoms with Crippen molar-refractivity contribution in [2.24, 2.45) is 0 Å². The molecule has 2 nitrogen and oxygen atoms in total. The maximum atomic E-state index is 3.82. The lowest BCUT2D eigenvalue weighted by molar-refractivity contribution is 0.413. The van der Waals surface area contributed by atoms with Crippen LogP contribution in [0.2, 0.25) is 0 Å². The van der Waals surface area contributed by atoms with Crippen molar-refractivity contribution in [2.45, 2.75) is 38.3 Å². The van der Waals surface area contributed by atoms with Gasteiger partial charge in [0.15, 0.2) is 0 Å². The van der Waals surface area contributed by atoms with E-state index in [2.05, 4.69) is 71.8 Å². The third kappa shape index (κ3) is 2.44. The highest BCUT2D eigenvalue weighted by Gasteiger charge is 2.23. The van der Waals surface area contributed by atoms with E-state index in [4.69, 9.17) is 0 Å². The summed E-state index contributed by atoms with van der Waals surface area (Å²) in [5.41, 5.74) is 5.60. The van der Waals surface area contributed by atoms with Gasteiger partial charge in [0.2, 0.25) is 0 Å². The van der Waals surface area contributed by atoms with Crippen LogP contribution in [0.5, 0.6) is 0 Å². The van der Waals surface area contributed by atoms with Crippen LogP contribution in [-0.2, 0) is 12.8 Å². The van der Waals surface area contributed by atoms with E-state index in [9.17, 15) is 0 Å². The lowest BCUT2D eigenvalue weighted by atomic mass is 9.90. The van der Waals surface area contributed by atoms with Crippen LogP contribution in [0.3, 0.4) is 0 Å². The summed E-state index contributed by atoms with van der Waals surface area (Å²) in [6.45, 7) is 2.26. The number of fused-ring (bicyclic) bond motifs is 3. The van der Waals surface area contributed by atoms with Gasteiger partial charge in [0.25, 0.3) is 0 Å². The standard InChI is InChI=1S/C20H22N2/c1-14(15-7-3-2-4-8-15)21-16-11-12-20-18(13-16)17-9-5-6-10-19(17)22-20/h2-10,14,16,21-22H,11-13H2,1H3/t14-,16?/m0/s1. The number of aryl methyl sites for hydroxylation is 1. The first kappa shape index (κ1) is 13.6. The Morgan fingerprint density at radius 2 is 1.82 bits per heavy atom. The normalized spacial score (nSPS) is 19.0. The van der Waals surface area contributed by atoms with E-state index >= 15 is 0 Å². The molecule has 2 atom stereocenters. The van der Waals surface area contributed by atoms with E-state index in [1.807, 2.05) is 0 Å². The summed E-state index contributed by atoms with van der Waals surface area (Å²) in [4.78, 5) is 3.59. The minimum atomic E-state index is 0.401. The number of para-hydroxylation sites is 1. The molecule has 1 aliphatic carbocycles. The van der Waals surface area contributed by atoms with Crippen molar-refractivity contribution < 1.29 is 0 Å². The average molecular weight is 290 g/mol. The third-order valence-electron chi connectivity index (χ3n) is 4.88. The number of aromatic nitrogens is 1. The second-order valence-electron chi connectivity index (χ2n) is 6.37. The molecule has 0 fully saturated rings. The van der Waals surface area contributed by atoms with Crippen LogP contribution in [-0.4, -0.2) is 11.0 Å². The summed E-state index contributed by atoms with van der Waals surface area (Å²) in [6.07, 6.45) is 3.47. The molecule has 1 aliphatic rings. The lowest BCUT2D eigenvalue weighted by Gasteiger charge is -2.27. The van der Waals surface area contributed by atoms with Crippen molar-refractivity contribution in [3.05, 3.63) is 71.4 Å². The van der Waals surface area contributed by atoms with Gasteiger partial charge in [-0.15, -0.1) is 0 Å². The Kier molecular flexibility index (Phi) is 3.47. The fourth-order valence-corrected chi connectivity index (χ4v) is 3.70. The van der Waals surface area contributed by atoms with Gasteiger partial charge in [-0.3, -0.25) is 0 Å². The van der Waals surface area contributed by atoms with Gasteiger partial charge in [0.05, 0.1) is 0 Å². The molecule has 0 saturated heterocycles. The molecule has 0 spiro atoms. The Bertz CT molecular complexity index is 773. The van der Waals surface area contributed by atoms with Gasteiger partial charge in [-0.1, -0.05) is 48.5 Å². The average Bonchev–Trinajstić information content (AvgIpc) is 2.94. The van der Waals surface area contributed by atoms with Crippen LogP contribution in [0.1, 0.15) is 36.2 Å². The quantitative estimate of drug-likeness (QED) is 0.736. The van der Waals surface area contributed by atoms with Gasteiger partial charge in [-0.25, -0.2) is 0 Å². The van der Waals surface area contributed by atoms with Crippen LogP contribution in [0.25, 0.3) is 10.9 Å². The molecule has 0 amide bonds. The topological polar surface area (TPSA) is 27.8 Å². The summed E-state index contributed by atoms with van der Waals surface area (Å²) in [5, 5.41) is 5.22. The first-order valence-electron chi connectivity index (χ1n) is 8.21. The molecule has 2 aromatic carbocycles. The molecule has 1 unspecified atom stereocenters. The van der Waals surface area contributed by atoms with Crippen LogP contribution < -0.4 is 5.32 Å². The number of aromatic amines is 1. The maximum Gasteiger partial charge on any atom is 0.0458 e. The minimum Gasteiger partial charge on any atom is -0.358 e. The molecule has 2 N–H and O–H groups in total. The van der Waals surface area contributed by atoms with Gasteiger partial charge in [-0.05, 0) is 43.4 Å². The predicted molar refractivity (Wildman–Crippen MR) is 92.1 cm³/mol. The number of rotatable bonds is 3. The van der Waals surface area contributed by atoms with Crippen molar-refractivity contribution in [1.82, 2.24) is 10.3 Å². The molecule has 1 heterocycles. The van der Waals surface area contributed by atoms with Crippen LogP contribution in [0.4, 0.5) is 0 Å². The molecule has 22 heavy (non-hydrogen) atoms. The number of hydrogen-bond acceptors (Lipinski definition) is 1. The van der Waals surface area contributed by atoms with E-state index in [-0.39, 0.29) is 0 Å². The zero-order valence-corrected chi connectivity index (χ0v) is 13.0. The van der Waals surface area contributed by atoms with E-state index < -0.39 is 0 Å². The second kappa shape index (κ2) is 5.62. The van der Waals surface area contributed by atoms with Crippen LogP contribution in [0.15, 0.2) is 54.6 Å². The number of hydrogen-bond donors (Lipinski definition) is 2. The van der Waals surface area contributed by atoms with Crippen molar-refractivity contribution >= 4 is 10.9 Å². The summed E-state index contributed by atoms with van der Waals surface area (Å²) < 4.78 is 0. The predicted octanol–water partition coefficient (Wildman–Crippen LogP) is 4.38. The van der Waals surface area contributed by atoms with Crippen LogP contribution in [0, 0.1) is 0 Å². The van der Waals surface area contributed by atoms with Crippen molar-refractivity contribution in [1.29, 1.82) is 0 Å². The van der Waals surface area contributed by atoms with Crippen molar-refractivity contribution in [3.63, 3.8) is 0 Å². The molecule has 2 heteroatoms. The zero-order valence-electron chi connectivity index (χ0n) is 13.0. The fourth-order valence-electron chi connectivity index (χ4n) is 3.70. The zero-order chi connectivity index (χ0) is 14.9. The first-order chi connectivity index (χ1) is 10.8. The molecule has 0 bridgehead atoms. The summed E-state index contributed by atoms with van der Waals surface area (Å²) >= 11 is 0. The minimum absolute atomic E-state index is 0.401. The Labute approximate surface area is 131 Å². The highest BCUT2D eigenvalue weighted by atomic mass is 14.9. The van der Waals surface area contributed by atoms with E-state index in [1.54, 1.807) is 0 Å². The molecular formula is C20H22N2. The smallest absolute Gasteiger partial charge is 0.0458 e. The first-order valence-corrected chi connectivity index (χ1v) is 8.21. The lowest BCUT2D eigenvalue weighted by Crippen LogP contribution is -2.36. The summed E-state index contributed by atoms with van der Waals surface area (Å²) in [7, 11) is 0. The molecule has 1 aromatic heterocycles. The van der Waals surface area contributed by atoms with Gasteiger partial charge in [-0.2, -0.15) is 0 Å². The maximum absolute atomic E-state index is 3.82. The Balaban J connectivity index is 1.54. The monoisotopic (exact) mass is 290 g/mol. The van der Waals surface area contributed by atoms with E-state index in [1.165, 1.54) is 34.1 Å². The molecule has 0 radical (unpaired) electrons. The number of H-pyrrole nitrogens is 1. The van der Waals surface area contributed by atoms with Gasteiger partial charge < -0.3 is 10.3 Å².